The van der Waals surface area contributed by atoms with Gasteiger partial charge in [0.2, 0.25) is 5.91 Å². The summed E-state index contributed by atoms with van der Waals surface area (Å²) in [5.74, 6) is 0.437. The first-order chi connectivity index (χ1) is 11.4. The van der Waals surface area contributed by atoms with E-state index in [4.69, 9.17) is 0 Å². The summed E-state index contributed by atoms with van der Waals surface area (Å²) in [5.41, 5.74) is 0.408. The largest absolute Gasteiger partial charge is 0.417 e. The Kier molecular flexibility index (Phi) is 4.55. The Labute approximate surface area is 136 Å². The van der Waals surface area contributed by atoms with Crippen molar-refractivity contribution in [3.63, 3.8) is 0 Å². The van der Waals surface area contributed by atoms with Gasteiger partial charge in [0.1, 0.15) is 0 Å². The average molecular weight is 337 g/mol. The van der Waals surface area contributed by atoms with Gasteiger partial charge in [-0.1, -0.05) is 0 Å². The molecule has 2 N–H and O–H groups in total. The van der Waals surface area contributed by atoms with Crippen LogP contribution in [-0.4, -0.2) is 21.1 Å². The van der Waals surface area contributed by atoms with E-state index in [0.29, 0.717) is 11.7 Å². The van der Waals surface area contributed by atoms with Gasteiger partial charge in [0.15, 0.2) is 5.82 Å². The van der Waals surface area contributed by atoms with Gasteiger partial charge in [-0.25, -0.2) is 0 Å². The Bertz CT molecular complexity index is 703. The van der Waals surface area contributed by atoms with Crippen LogP contribution in [0, 0.1) is 6.42 Å². The van der Waals surface area contributed by atoms with Crippen LogP contribution < -0.4 is 5.32 Å². The molecular formula is C16H16F3N4O. The highest BCUT2D eigenvalue weighted by atomic mass is 19.4. The number of alkyl halides is 3. The van der Waals surface area contributed by atoms with Crippen molar-refractivity contribution >= 4 is 11.7 Å². The number of nitrogens with zero attached hydrogens (tertiary/aromatic N) is 2. The van der Waals surface area contributed by atoms with Crippen molar-refractivity contribution in [1.29, 1.82) is 0 Å². The predicted molar refractivity (Wildman–Crippen MR) is 81.1 cm³/mol. The lowest BCUT2D eigenvalue weighted by Gasteiger charge is -2.06. The van der Waals surface area contributed by atoms with Crippen molar-refractivity contribution in [1.82, 2.24) is 15.2 Å². The van der Waals surface area contributed by atoms with Crippen LogP contribution in [0.3, 0.4) is 0 Å². The summed E-state index contributed by atoms with van der Waals surface area (Å²) >= 11 is 0. The van der Waals surface area contributed by atoms with Gasteiger partial charge >= 0.3 is 6.18 Å². The predicted octanol–water partition coefficient (Wildman–Crippen LogP) is 3.48. The van der Waals surface area contributed by atoms with Crippen LogP contribution in [-0.2, 0) is 17.4 Å². The molecule has 1 atom stereocenters. The monoisotopic (exact) mass is 337 g/mol. The number of aromatic amines is 1. The summed E-state index contributed by atoms with van der Waals surface area (Å²) in [6.07, 6.45) is 1.53. The molecule has 0 bridgehead atoms. The van der Waals surface area contributed by atoms with E-state index in [1.54, 1.807) is 6.07 Å². The van der Waals surface area contributed by atoms with Gasteiger partial charge in [0, 0.05) is 29.6 Å². The van der Waals surface area contributed by atoms with Crippen molar-refractivity contribution in [3.8, 4) is 0 Å². The lowest BCUT2D eigenvalue weighted by Crippen LogP contribution is -2.16. The Morgan fingerprint density at radius 1 is 1.38 bits per heavy atom. The van der Waals surface area contributed by atoms with Gasteiger partial charge in [-0.2, -0.15) is 18.3 Å². The van der Waals surface area contributed by atoms with Gasteiger partial charge in [-0.05, 0) is 37.8 Å². The third kappa shape index (κ3) is 3.93. The van der Waals surface area contributed by atoms with Gasteiger partial charge < -0.3 is 5.32 Å². The minimum atomic E-state index is -4.43. The average Bonchev–Trinajstić information content (AvgIpc) is 3.17. The molecular weight excluding hydrogens is 321 g/mol. The number of carbonyl (C=O) groups excluding carboxylic acids is 1. The smallest absolute Gasteiger partial charge is 0.309 e. The second kappa shape index (κ2) is 6.62. The van der Waals surface area contributed by atoms with E-state index in [-0.39, 0.29) is 18.0 Å². The van der Waals surface area contributed by atoms with Gasteiger partial charge in [0.05, 0.1) is 12.0 Å². The number of aromatic nitrogens is 3. The Morgan fingerprint density at radius 3 is 2.83 bits per heavy atom. The maximum Gasteiger partial charge on any atom is 0.417 e. The highest BCUT2D eigenvalue weighted by molar-refractivity contribution is 5.91. The molecule has 1 aliphatic rings. The molecule has 1 amide bonds. The van der Waals surface area contributed by atoms with E-state index >= 15 is 0 Å². The van der Waals surface area contributed by atoms with Crippen LogP contribution in [0.25, 0.3) is 0 Å². The number of hydrogen-bond acceptors (Lipinski definition) is 3. The number of halogens is 3. The number of amides is 1. The number of carbonyl (C=O) groups is 1. The minimum Gasteiger partial charge on any atom is -0.309 e. The molecule has 1 fully saturated rings. The molecule has 0 unspecified atom stereocenters. The molecule has 8 heteroatoms. The summed E-state index contributed by atoms with van der Waals surface area (Å²) in [6.45, 7) is 0. The molecule has 3 rings (SSSR count). The second-order valence-corrected chi connectivity index (χ2v) is 5.77. The fourth-order valence-electron chi connectivity index (χ4n) is 2.70. The maximum atomic E-state index is 12.5. The molecule has 1 radical (unpaired) electrons. The number of hydrogen-bond donors (Lipinski definition) is 2. The van der Waals surface area contributed by atoms with E-state index in [1.165, 1.54) is 6.07 Å². The normalized spacial score (nSPS) is 15.6. The molecule has 0 aromatic carbocycles. The van der Waals surface area contributed by atoms with E-state index in [1.807, 2.05) is 0 Å². The first kappa shape index (κ1) is 16.5. The first-order valence-corrected chi connectivity index (χ1v) is 7.61. The second-order valence-electron chi connectivity index (χ2n) is 5.77. The molecule has 2 heterocycles. The van der Waals surface area contributed by atoms with Gasteiger partial charge in [-0.3, -0.25) is 14.9 Å². The number of anilines is 1. The SMILES string of the molecule is O=C(Cc1ccc(C(F)(F)F)cn1)Nc1cc([C@H]2C[CH]CC2)[nH]n1. The highest BCUT2D eigenvalue weighted by Gasteiger charge is 2.30. The highest BCUT2D eigenvalue weighted by Crippen LogP contribution is 2.33. The molecule has 0 aliphatic heterocycles. The van der Waals surface area contributed by atoms with Crippen molar-refractivity contribution in [2.45, 2.75) is 37.8 Å². The summed E-state index contributed by atoms with van der Waals surface area (Å²) in [7, 11) is 0. The number of H-pyrrole nitrogens is 1. The fourth-order valence-corrected chi connectivity index (χ4v) is 2.70. The fraction of sp³-hybridized carbons (Fsp3) is 0.375. The molecule has 127 valence electrons. The Balaban J connectivity index is 1.57. The molecule has 2 aromatic heterocycles. The summed E-state index contributed by atoms with van der Waals surface area (Å²) < 4.78 is 37.4. The van der Waals surface area contributed by atoms with Crippen molar-refractivity contribution < 1.29 is 18.0 Å². The minimum absolute atomic E-state index is 0.114. The molecule has 2 aromatic rings. The molecule has 1 saturated carbocycles. The lowest BCUT2D eigenvalue weighted by molar-refractivity contribution is -0.137. The quantitative estimate of drug-likeness (QED) is 0.897. The van der Waals surface area contributed by atoms with Crippen LogP contribution in [0.5, 0.6) is 0 Å². The van der Waals surface area contributed by atoms with Crippen LogP contribution in [0.4, 0.5) is 19.0 Å². The molecule has 1 aliphatic carbocycles. The first-order valence-electron chi connectivity index (χ1n) is 7.61. The zero-order valence-corrected chi connectivity index (χ0v) is 12.7. The third-order valence-corrected chi connectivity index (χ3v) is 3.97. The Hall–Kier alpha value is -2.38. The summed E-state index contributed by atoms with van der Waals surface area (Å²) in [6, 6.07) is 3.91. The Morgan fingerprint density at radius 2 is 2.21 bits per heavy atom. The van der Waals surface area contributed by atoms with Gasteiger partial charge in [0.25, 0.3) is 0 Å². The zero-order chi connectivity index (χ0) is 17.2. The van der Waals surface area contributed by atoms with Crippen LogP contribution >= 0.6 is 0 Å². The van der Waals surface area contributed by atoms with E-state index in [9.17, 15) is 18.0 Å². The molecule has 0 spiro atoms. The molecule has 24 heavy (non-hydrogen) atoms. The number of nitrogens with one attached hydrogen (secondary N) is 2. The van der Waals surface area contributed by atoms with Crippen LogP contribution in [0.15, 0.2) is 24.4 Å². The van der Waals surface area contributed by atoms with Gasteiger partial charge in [-0.15, -0.1) is 0 Å². The van der Waals surface area contributed by atoms with E-state index in [2.05, 4.69) is 26.9 Å². The molecule has 5 nitrogen and oxygen atoms in total. The zero-order valence-electron chi connectivity index (χ0n) is 12.7. The topological polar surface area (TPSA) is 70.7 Å². The maximum absolute atomic E-state index is 12.5. The van der Waals surface area contributed by atoms with Crippen molar-refractivity contribution in [2.75, 3.05) is 5.32 Å². The van der Waals surface area contributed by atoms with Crippen molar-refractivity contribution in [3.05, 3.63) is 47.8 Å². The summed E-state index contributed by atoms with van der Waals surface area (Å²) in [5, 5.41) is 9.59. The van der Waals surface area contributed by atoms with Crippen LogP contribution in [0.1, 0.15) is 42.1 Å². The third-order valence-electron chi connectivity index (χ3n) is 3.97. The number of rotatable bonds is 4. The summed E-state index contributed by atoms with van der Waals surface area (Å²) in [4.78, 5) is 15.6. The van der Waals surface area contributed by atoms with E-state index in [0.717, 1.165) is 37.2 Å². The molecule has 0 saturated heterocycles. The van der Waals surface area contributed by atoms with Crippen molar-refractivity contribution in [2.24, 2.45) is 0 Å². The lowest BCUT2D eigenvalue weighted by atomic mass is 10.0. The standard InChI is InChI=1S/C16H16F3N4O/c17-16(18,19)11-5-6-12(20-9-11)7-15(24)21-14-8-13(22-23-14)10-3-1-2-4-10/h1,5-6,8-10H,2-4,7H2,(H2,21,22,23,24)/t10-/m0/s1. The number of pyridine rings is 1. The van der Waals surface area contributed by atoms with E-state index < -0.39 is 11.7 Å². The van der Waals surface area contributed by atoms with Crippen LogP contribution in [0.2, 0.25) is 0 Å².